The first-order chi connectivity index (χ1) is 9.33. The zero-order valence-electron chi connectivity index (χ0n) is 10.9. The number of halogens is 1. The summed E-state index contributed by atoms with van der Waals surface area (Å²) in [5.41, 5.74) is 0. The molecule has 0 aliphatic rings. The van der Waals surface area contributed by atoms with Gasteiger partial charge < -0.3 is 9.84 Å². The third-order valence-corrected chi connectivity index (χ3v) is 3.96. The number of rotatable bonds is 7. The highest BCUT2D eigenvalue weighted by Gasteiger charge is 2.05. The van der Waals surface area contributed by atoms with Crippen molar-refractivity contribution < 1.29 is 9.84 Å². The highest BCUT2D eigenvalue weighted by molar-refractivity contribution is 9.10. The van der Waals surface area contributed by atoms with Gasteiger partial charge in [-0.05, 0) is 52.0 Å². The summed E-state index contributed by atoms with van der Waals surface area (Å²) in [6.45, 7) is 1.01. The van der Waals surface area contributed by atoms with E-state index in [1.807, 2.05) is 18.2 Å². The number of benzene rings is 2. The molecule has 0 amide bonds. The summed E-state index contributed by atoms with van der Waals surface area (Å²) >= 11 is 3.62. The number of hydrogen-bond acceptors (Lipinski definition) is 2. The lowest BCUT2D eigenvalue weighted by Crippen LogP contribution is -1.98. The summed E-state index contributed by atoms with van der Waals surface area (Å²) in [6.07, 6.45) is 4.09. The fourth-order valence-electron chi connectivity index (χ4n) is 2.07. The Morgan fingerprint density at radius 1 is 0.947 bits per heavy atom. The molecule has 19 heavy (non-hydrogen) atoms. The molecule has 3 heteroatoms. The quantitative estimate of drug-likeness (QED) is 0.758. The Kier molecular flexibility index (Phi) is 5.67. The smallest absolute Gasteiger partial charge is 0.134 e. The maximum Gasteiger partial charge on any atom is 0.134 e. The Balaban J connectivity index is 1.92. The number of ether oxygens (including phenoxy) is 1. The first kappa shape index (κ1) is 14.4. The lowest BCUT2D eigenvalue weighted by molar-refractivity contribution is 0.273. The van der Waals surface area contributed by atoms with Gasteiger partial charge in [0, 0.05) is 6.61 Å². The van der Waals surface area contributed by atoms with E-state index in [0.29, 0.717) is 0 Å². The van der Waals surface area contributed by atoms with Crippen LogP contribution in [0.3, 0.4) is 0 Å². The molecule has 0 aliphatic heterocycles. The zero-order chi connectivity index (χ0) is 13.5. The van der Waals surface area contributed by atoms with E-state index in [2.05, 4.69) is 34.1 Å². The molecule has 102 valence electrons. The second-order valence-electron chi connectivity index (χ2n) is 4.59. The van der Waals surface area contributed by atoms with E-state index in [4.69, 9.17) is 9.84 Å². The van der Waals surface area contributed by atoms with Gasteiger partial charge in [-0.15, -0.1) is 0 Å². The zero-order valence-corrected chi connectivity index (χ0v) is 12.5. The van der Waals surface area contributed by atoms with E-state index in [1.54, 1.807) is 0 Å². The predicted molar refractivity (Wildman–Crippen MR) is 82.7 cm³/mol. The molecule has 0 saturated carbocycles. The van der Waals surface area contributed by atoms with Crippen molar-refractivity contribution in [3.63, 3.8) is 0 Å². The van der Waals surface area contributed by atoms with Crippen molar-refractivity contribution in [1.82, 2.24) is 0 Å². The monoisotopic (exact) mass is 322 g/mol. The Morgan fingerprint density at radius 2 is 1.74 bits per heavy atom. The van der Waals surface area contributed by atoms with Crippen LogP contribution in [0.1, 0.15) is 25.7 Å². The first-order valence-corrected chi connectivity index (χ1v) is 7.53. The van der Waals surface area contributed by atoms with Crippen LogP contribution < -0.4 is 4.74 Å². The minimum absolute atomic E-state index is 0.289. The highest BCUT2D eigenvalue weighted by atomic mass is 79.9. The third-order valence-electron chi connectivity index (χ3n) is 3.14. The average molecular weight is 323 g/mol. The molecule has 2 nitrogen and oxygen atoms in total. The van der Waals surface area contributed by atoms with Crippen molar-refractivity contribution in [2.75, 3.05) is 13.2 Å². The second kappa shape index (κ2) is 7.51. The van der Waals surface area contributed by atoms with Gasteiger partial charge in [0.1, 0.15) is 5.75 Å². The third kappa shape index (κ3) is 3.95. The average Bonchev–Trinajstić information content (AvgIpc) is 2.45. The lowest BCUT2D eigenvalue weighted by Gasteiger charge is -2.10. The van der Waals surface area contributed by atoms with E-state index in [0.717, 1.165) is 42.5 Å². The van der Waals surface area contributed by atoms with Crippen LogP contribution in [-0.2, 0) is 0 Å². The van der Waals surface area contributed by atoms with Crippen LogP contribution in [0, 0.1) is 0 Å². The Morgan fingerprint density at radius 3 is 2.58 bits per heavy atom. The van der Waals surface area contributed by atoms with E-state index < -0.39 is 0 Å². The van der Waals surface area contributed by atoms with Crippen molar-refractivity contribution in [2.24, 2.45) is 0 Å². The van der Waals surface area contributed by atoms with Crippen LogP contribution in [0.4, 0.5) is 0 Å². The standard InChI is InChI=1S/C16H19BrO2/c17-16-14-8-4-3-7-13(14)9-10-15(16)19-12-6-2-1-5-11-18/h3-4,7-10,18H,1-2,5-6,11-12H2. The van der Waals surface area contributed by atoms with Gasteiger partial charge in [-0.1, -0.05) is 36.8 Å². The predicted octanol–water partition coefficient (Wildman–Crippen LogP) is 4.53. The molecule has 2 rings (SSSR count). The van der Waals surface area contributed by atoms with E-state index in [1.165, 1.54) is 10.8 Å². The molecule has 0 fully saturated rings. The molecule has 0 saturated heterocycles. The maximum absolute atomic E-state index is 8.70. The fraction of sp³-hybridized carbons (Fsp3) is 0.375. The van der Waals surface area contributed by atoms with Gasteiger partial charge in [0.15, 0.2) is 0 Å². The normalized spacial score (nSPS) is 10.8. The Labute approximate surface area is 122 Å². The molecule has 0 spiro atoms. The topological polar surface area (TPSA) is 29.5 Å². The van der Waals surface area contributed by atoms with E-state index >= 15 is 0 Å². The van der Waals surface area contributed by atoms with Crippen molar-refractivity contribution in [3.8, 4) is 5.75 Å². The molecular formula is C16H19BrO2. The Hall–Kier alpha value is -1.06. The molecule has 0 aliphatic carbocycles. The van der Waals surface area contributed by atoms with Crippen LogP contribution in [0.5, 0.6) is 5.75 Å². The molecular weight excluding hydrogens is 304 g/mol. The summed E-state index contributed by atoms with van der Waals surface area (Å²) in [4.78, 5) is 0. The van der Waals surface area contributed by atoms with Gasteiger partial charge in [-0.25, -0.2) is 0 Å². The van der Waals surface area contributed by atoms with Gasteiger partial charge in [0.2, 0.25) is 0 Å². The molecule has 0 unspecified atom stereocenters. The summed E-state index contributed by atoms with van der Waals surface area (Å²) in [5.74, 6) is 0.904. The molecule has 2 aromatic rings. The molecule has 0 aromatic heterocycles. The van der Waals surface area contributed by atoms with Crippen LogP contribution in [0.15, 0.2) is 40.9 Å². The van der Waals surface area contributed by atoms with Crippen molar-refractivity contribution >= 4 is 26.7 Å². The van der Waals surface area contributed by atoms with Gasteiger partial charge in [-0.3, -0.25) is 0 Å². The maximum atomic E-state index is 8.70. The molecule has 0 atom stereocenters. The van der Waals surface area contributed by atoms with Crippen LogP contribution in [0.2, 0.25) is 0 Å². The SMILES string of the molecule is OCCCCCCOc1ccc2ccccc2c1Br. The number of aliphatic hydroxyl groups is 1. The summed E-state index contributed by atoms with van der Waals surface area (Å²) in [6, 6.07) is 12.4. The molecule has 0 heterocycles. The van der Waals surface area contributed by atoms with Gasteiger partial charge in [-0.2, -0.15) is 0 Å². The van der Waals surface area contributed by atoms with Gasteiger partial charge in [0.05, 0.1) is 11.1 Å². The lowest BCUT2D eigenvalue weighted by atomic mass is 10.1. The van der Waals surface area contributed by atoms with Crippen LogP contribution >= 0.6 is 15.9 Å². The molecule has 0 radical (unpaired) electrons. The summed E-state index contributed by atoms with van der Waals surface area (Å²) < 4.78 is 6.84. The number of fused-ring (bicyclic) bond motifs is 1. The summed E-state index contributed by atoms with van der Waals surface area (Å²) in [5, 5.41) is 11.1. The fourth-order valence-corrected chi connectivity index (χ4v) is 2.68. The highest BCUT2D eigenvalue weighted by Crippen LogP contribution is 2.33. The van der Waals surface area contributed by atoms with Crippen LogP contribution in [0.25, 0.3) is 10.8 Å². The first-order valence-electron chi connectivity index (χ1n) is 6.74. The largest absolute Gasteiger partial charge is 0.492 e. The molecule has 2 aromatic carbocycles. The molecule has 0 bridgehead atoms. The number of unbranched alkanes of at least 4 members (excludes halogenated alkanes) is 3. The molecule has 1 N–H and O–H groups in total. The van der Waals surface area contributed by atoms with E-state index in [-0.39, 0.29) is 6.61 Å². The van der Waals surface area contributed by atoms with E-state index in [9.17, 15) is 0 Å². The number of aliphatic hydroxyl groups excluding tert-OH is 1. The minimum Gasteiger partial charge on any atom is -0.492 e. The van der Waals surface area contributed by atoms with Gasteiger partial charge >= 0.3 is 0 Å². The minimum atomic E-state index is 0.289. The van der Waals surface area contributed by atoms with Crippen LogP contribution in [-0.4, -0.2) is 18.3 Å². The van der Waals surface area contributed by atoms with Gasteiger partial charge in [0.25, 0.3) is 0 Å². The number of hydrogen-bond donors (Lipinski definition) is 1. The van der Waals surface area contributed by atoms with Crippen molar-refractivity contribution in [1.29, 1.82) is 0 Å². The van der Waals surface area contributed by atoms with Crippen molar-refractivity contribution in [2.45, 2.75) is 25.7 Å². The second-order valence-corrected chi connectivity index (χ2v) is 5.38. The Bertz CT molecular complexity index is 525. The van der Waals surface area contributed by atoms with Crippen molar-refractivity contribution in [3.05, 3.63) is 40.9 Å². The summed E-state index contributed by atoms with van der Waals surface area (Å²) in [7, 11) is 0.